The molecule has 0 amide bonds. The van der Waals surface area contributed by atoms with Gasteiger partial charge in [-0.2, -0.15) is 11.8 Å². The standard InChI is InChI=1S/C16H29NOS/c1-12(13-3-4-13)15(17-2)14-5-8-18-16(11-14)6-9-19-10-7-16/h12-15,17H,3-11H2,1-2H3. The number of hydrogen-bond donors (Lipinski definition) is 1. The summed E-state index contributed by atoms with van der Waals surface area (Å²) in [4.78, 5) is 0. The number of ether oxygens (including phenoxy) is 1. The Bertz CT molecular complexity index is 294. The predicted molar refractivity (Wildman–Crippen MR) is 82.7 cm³/mol. The Labute approximate surface area is 122 Å². The van der Waals surface area contributed by atoms with Gasteiger partial charge in [-0.15, -0.1) is 0 Å². The molecule has 3 rings (SSSR count). The number of rotatable bonds is 4. The molecule has 1 aliphatic carbocycles. The molecule has 110 valence electrons. The van der Waals surface area contributed by atoms with Gasteiger partial charge in [-0.25, -0.2) is 0 Å². The lowest BCUT2D eigenvalue weighted by atomic mass is 9.74. The van der Waals surface area contributed by atoms with E-state index in [0.29, 0.717) is 6.04 Å². The molecule has 3 aliphatic rings. The van der Waals surface area contributed by atoms with Crippen molar-refractivity contribution in [1.29, 1.82) is 0 Å². The Balaban J connectivity index is 1.65. The summed E-state index contributed by atoms with van der Waals surface area (Å²) in [6.07, 6.45) is 8.05. The topological polar surface area (TPSA) is 21.3 Å². The third-order valence-corrected chi connectivity index (χ3v) is 6.69. The first-order valence-corrected chi connectivity index (χ1v) is 9.28. The zero-order valence-corrected chi connectivity index (χ0v) is 13.3. The van der Waals surface area contributed by atoms with Gasteiger partial charge in [-0.05, 0) is 74.8 Å². The van der Waals surface area contributed by atoms with E-state index in [9.17, 15) is 0 Å². The van der Waals surface area contributed by atoms with Gasteiger partial charge in [0.2, 0.25) is 0 Å². The molecule has 1 spiro atoms. The van der Waals surface area contributed by atoms with E-state index in [0.717, 1.165) is 24.4 Å². The molecule has 2 saturated heterocycles. The van der Waals surface area contributed by atoms with Crippen LogP contribution >= 0.6 is 11.8 Å². The van der Waals surface area contributed by atoms with Crippen molar-refractivity contribution < 1.29 is 4.74 Å². The van der Waals surface area contributed by atoms with Crippen molar-refractivity contribution in [3.05, 3.63) is 0 Å². The Morgan fingerprint density at radius 3 is 2.53 bits per heavy atom. The molecule has 2 heterocycles. The summed E-state index contributed by atoms with van der Waals surface area (Å²) in [5.41, 5.74) is 0.243. The quantitative estimate of drug-likeness (QED) is 0.855. The van der Waals surface area contributed by atoms with Gasteiger partial charge in [-0.3, -0.25) is 0 Å². The molecule has 3 atom stereocenters. The summed E-state index contributed by atoms with van der Waals surface area (Å²) in [6.45, 7) is 3.46. The second-order valence-corrected chi connectivity index (χ2v) is 8.13. The molecular formula is C16H29NOS. The van der Waals surface area contributed by atoms with Gasteiger partial charge in [0, 0.05) is 12.6 Å². The van der Waals surface area contributed by atoms with Crippen LogP contribution in [0, 0.1) is 17.8 Å². The Hall–Kier alpha value is 0.270. The number of hydrogen-bond acceptors (Lipinski definition) is 3. The fraction of sp³-hybridized carbons (Fsp3) is 1.00. The van der Waals surface area contributed by atoms with Crippen LogP contribution in [0.25, 0.3) is 0 Å². The van der Waals surface area contributed by atoms with E-state index < -0.39 is 0 Å². The van der Waals surface area contributed by atoms with Gasteiger partial charge in [0.25, 0.3) is 0 Å². The van der Waals surface area contributed by atoms with Crippen LogP contribution in [0.4, 0.5) is 0 Å². The zero-order valence-electron chi connectivity index (χ0n) is 12.5. The maximum atomic E-state index is 6.25. The van der Waals surface area contributed by atoms with Gasteiger partial charge in [-0.1, -0.05) is 6.92 Å². The van der Waals surface area contributed by atoms with E-state index >= 15 is 0 Å². The summed E-state index contributed by atoms with van der Waals surface area (Å²) in [5.74, 6) is 5.28. The monoisotopic (exact) mass is 283 g/mol. The first kappa shape index (κ1) is 14.2. The average Bonchev–Trinajstić information content (AvgIpc) is 3.25. The van der Waals surface area contributed by atoms with E-state index in [1.165, 1.54) is 50.0 Å². The first-order valence-electron chi connectivity index (χ1n) is 8.13. The molecule has 3 fully saturated rings. The minimum absolute atomic E-state index is 0.243. The van der Waals surface area contributed by atoms with Crippen LogP contribution in [0.2, 0.25) is 0 Å². The minimum atomic E-state index is 0.243. The van der Waals surface area contributed by atoms with E-state index in [4.69, 9.17) is 4.74 Å². The van der Waals surface area contributed by atoms with Gasteiger partial charge in [0.15, 0.2) is 0 Å². The fourth-order valence-electron chi connectivity index (χ4n) is 4.31. The van der Waals surface area contributed by atoms with Gasteiger partial charge in [0.1, 0.15) is 0 Å². The Morgan fingerprint density at radius 2 is 1.89 bits per heavy atom. The molecule has 2 aliphatic heterocycles. The second kappa shape index (κ2) is 5.95. The van der Waals surface area contributed by atoms with Crippen LogP contribution in [0.1, 0.15) is 45.4 Å². The van der Waals surface area contributed by atoms with Gasteiger partial charge < -0.3 is 10.1 Å². The highest BCUT2D eigenvalue weighted by Gasteiger charge is 2.43. The average molecular weight is 283 g/mol. The van der Waals surface area contributed by atoms with Crippen molar-refractivity contribution in [2.45, 2.75) is 57.1 Å². The van der Waals surface area contributed by atoms with Crippen LogP contribution in [-0.4, -0.2) is 36.8 Å². The molecule has 19 heavy (non-hydrogen) atoms. The molecule has 2 nitrogen and oxygen atoms in total. The minimum Gasteiger partial charge on any atom is -0.375 e. The lowest BCUT2D eigenvalue weighted by Crippen LogP contribution is -2.50. The maximum absolute atomic E-state index is 6.25. The first-order chi connectivity index (χ1) is 9.24. The van der Waals surface area contributed by atoms with Crippen LogP contribution in [0.5, 0.6) is 0 Å². The van der Waals surface area contributed by atoms with Crippen LogP contribution in [0.3, 0.4) is 0 Å². The number of thioether (sulfide) groups is 1. The molecule has 0 aromatic carbocycles. The van der Waals surface area contributed by atoms with Crippen molar-refractivity contribution in [1.82, 2.24) is 5.32 Å². The molecule has 3 unspecified atom stereocenters. The van der Waals surface area contributed by atoms with Crippen LogP contribution in [-0.2, 0) is 4.74 Å². The highest BCUT2D eigenvalue weighted by atomic mass is 32.2. The molecule has 0 aromatic rings. The normalized spacial score (nSPS) is 34.1. The van der Waals surface area contributed by atoms with E-state index in [1.807, 2.05) is 0 Å². The summed E-state index contributed by atoms with van der Waals surface area (Å²) in [7, 11) is 2.17. The maximum Gasteiger partial charge on any atom is 0.0701 e. The molecule has 0 aromatic heterocycles. The van der Waals surface area contributed by atoms with Crippen LogP contribution < -0.4 is 5.32 Å². The molecule has 0 bridgehead atoms. The lowest BCUT2D eigenvalue weighted by molar-refractivity contribution is -0.109. The molecule has 3 heteroatoms. The van der Waals surface area contributed by atoms with E-state index in [1.54, 1.807) is 0 Å². The highest BCUT2D eigenvalue weighted by Crippen LogP contribution is 2.45. The van der Waals surface area contributed by atoms with E-state index in [2.05, 4.69) is 31.1 Å². The molecule has 1 saturated carbocycles. The second-order valence-electron chi connectivity index (χ2n) is 6.91. The van der Waals surface area contributed by atoms with Gasteiger partial charge in [0.05, 0.1) is 5.60 Å². The molecular weight excluding hydrogens is 254 g/mol. The summed E-state index contributed by atoms with van der Waals surface area (Å²) < 4.78 is 6.25. The third-order valence-electron chi connectivity index (χ3n) is 5.71. The highest BCUT2D eigenvalue weighted by molar-refractivity contribution is 7.99. The van der Waals surface area contributed by atoms with Gasteiger partial charge >= 0.3 is 0 Å². The number of nitrogens with one attached hydrogen (secondary N) is 1. The van der Waals surface area contributed by atoms with E-state index in [-0.39, 0.29) is 5.60 Å². The molecule has 1 N–H and O–H groups in total. The van der Waals surface area contributed by atoms with Crippen LogP contribution in [0.15, 0.2) is 0 Å². The predicted octanol–water partition coefficient (Wildman–Crippen LogP) is 3.31. The van der Waals surface area contributed by atoms with Crippen molar-refractivity contribution in [3.8, 4) is 0 Å². The zero-order chi connectivity index (χ0) is 13.3. The summed E-state index contributed by atoms with van der Waals surface area (Å²) in [6, 6.07) is 0.711. The lowest BCUT2D eigenvalue weighted by Gasteiger charge is -2.46. The summed E-state index contributed by atoms with van der Waals surface area (Å²) >= 11 is 2.10. The SMILES string of the molecule is CNC(C1CCOC2(CCSCC2)C1)C(C)C1CC1. The third kappa shape index (κ3) is 3.14. The molecule has 0 radical (unpaired) electrons. The van der Waals surface area contributed by atoms with Crippen molar-refractivity contribution in [2.75, 3.05) is 25.2 Å². The largest absolute Gasteiger partial charge is 0.375 e. The van der Waals surface area contributed by atoms with Crippen molar-refractivity contribution >= 4 is 11.8 Å². The summed E-state index contributed by atoms with van der Waals surface area (Å²) in [5, 5.41) is 3.65. The fourth-order valence-corrected chi connectivity index (χ4v) is 5.54. The Morgan fingerprint density at radius 1 is 1.16 bits per heavy atom. The smallest absolute Gasteiger partial charge is 0.0701 e. The van der Waals surface area contributed by atoms with Crippen molar-refractivity contribution in [3.63, 3.8) is 0 Å². The van der Waals surface area contributed by atoms with Crippen molar-refractivity contribution in [2.24, 2.45) is 17.8 Å². The Kier molecular flexibility index (Phi) is 4.45.